The van der Waals surface area contributed by atoms with Crippen molar-refractivity contribution in [2.75, 3.05) is 0 Å². The summed E-state index contributed by atoms with van der Waals surface area (Å²) in [6.45, 7) is 1.38. The van der Waals surface area contributed by atoms with Crippen LogP contribution >= 0.6 is 0 Å². The second-order valence-electron chi connectivity index (χ2n) is 6.98. The van der Waals surface area contributed by atoms with Crippen LogP contribution in [0.3, 0.4) is 0 Å². The third-order valence-electron chi connectivity index (χ3n) is 5.12. The normalized spacial score (nSPS) is 20.6. The molecule has 1 aliphatic carbocycles. The van der Waals surface area contributed by atoms with E-state index in [-0.39, 0.29) is 17.0 Å². The molecule has 0 bridgehead atoms. The minimum absolute atomic E-state index is 0.149. The number of nitrogens with zero attached hydrogens (tertiary/aromatic N) is 4. The molecule has 1 N–H and O–H groups in total. The smallest absolute Gasteiger partial charge is 0.416 e. The lowest BCUT2D eigenvalue weighted by Crippen LogP contribution is -2.22. The van der Waals surface area contributed by atoms with Gasteiger partial charge in [-0.05, 0) is 41.3 Å². The van der Waals surface area contributed by atoms with Gasteiger partial charge in [-0.2, -0.15) is 13.2 Å². The van der Waals surface area contributed by atoms with E-state index in [4.69, 9.17) is 0 Å². The molecule has 9 heteroatoms. The largest absolute Gasteiger partial charge is 0.481 e. The minimum atomic E-state index is -4.67. The molecule has 1 unspecified atom stereocenters. The lowest BCUT2D eigenvalue weighted by molar-refractivity contribution is -0.141. The standard InChI is InChI=1S/C17H19F3N4O2/c1-16(21-23-24-22-16)13-7-6-11(9-14(13)17(18,19)20)12(15(25)26)8-10-4-2-3-5-10/h6-7,9-10,12H,2-5,8H2,1H3,(H,25,26). The molecule has 1 heterocycles. The van der Waals surface area contributed by atoms with Gasteiger partial charge in [0.05, 0.1) is 11.5 Å². The van der Waals surface area contributed by atoms with Gasteiger partial charge in [0, 0.05) is 5.56 Å². The van der Waals surface area contributed by atoms with E-state index >= 15 is 0 Å². The van der Waals surface area contributed by atoms with Crippen molar-refractivity contribution in [3.05, 3.63) is 34.9 Å². The number of benzene rings is 1. The molecule has 0 saturated heterocycles. The number of aliphatic carboxylic acids is 1. The van der Waals surface area contributed by atoms with Gasteiger partial charge in [-0.1, -0.05) is 37.8 Å². The van der Waals surface area contributed by atoms with Gasteiger partial charge in [0.15, 0.2) is 0 Å². The zero-order valence-corrected chi connectivity index (χ0v) is 14.2. The fraction of sp³-hybridized carbons (Fsp3) is 0.588. The van der Waals surface area contributed by atoms with Gasteiger partial charge < -0.3 is 5.11 Å². The monoisotopic (exact) mass is 368 g/mol. The van der Waals surface area contributed by atoms with Crippen molar-refractivity contribution >= 4 is 5.97 Å². The highest BCUT2D eigenvalue weighted by Gasteiger charge is 2.42. The average Bonchev–Trinajstić information content (AvgIpc) is 3.23. The molecular formula is C17H19F3N4O2. The second-order valence-corrected chi connectivity index (χ2v) is 6.98. The summed E-state index contributed by atoms with van der Waals surface area (Å²) < 4.78 is 40.9. The number of hydrogen-bond acceptors (Lipinski definition) is 5. The Bertz CT molecular complexity index is 743. The minimum Gasteiger partial charge on any atom is -0.481 e. The van der Waals surface area contributed by atoms with E-state index < -0.39 is 29.3 Å². The molecule has 1 aromatic carbocycles. The highest BCUT2D eigenvalue weighted by atomic mass is 19.4. The Labute approximate surface area is 148 Å². The average molecular weight is 368 g/mol. The van der Waals surface area contributed by atoms with Gasteiger partial charge in [0.1, 0.15) is 0 Å². The molecule has 0 radical (unpaired) electrons. The van der Waals surface area contributed by atoms with Crippen LogP contribution in [0.15, 0.2) is 38.9 Å². The molecule has 1 aromatic rings. The summed E-state index contributed by atoms with van der Waals surface area (Å²) in [7, 11) is 0. The number of halogens is 3. The Hall–Kier alpha value is -2.32. The summed E-state index contributed by atoms with van der Waals surface area (Å²) in [5.41, 5.74) is -2.54. The number of rotatable bonds is 5. The molecule has 6 nitrogen and oxygen atoms in total. The molecule has 0 spiro atoms. The molecule has 140 valence electrons. The highest BCUT2D eigenvalue weighted by molar-refractivity contribution is 5.76. The van der Waals surface area contributed by atoms with Crippen LogP contribution in [0, 0.1) is 5.92 Å². The van der Waals surface area contributed by atoms with E-state index in [0.29, 0.717) is 6.42 Å². The molecular weight excluding hydrogens is 349 g/mol. The summed E-state index contributed by atoms with van der Waals surface area (Å²) in [4.78, 5) is 11.7. The molecule has 1 fully saturated rings. The Kier molecular flexibility index (Phi) is 4.81. The van der Waals surface area contributed by atoms with E-state index in [2.05, 4.69) is 20.7 Å². The van der Waals surface area contributed by atoms with Crippen LogP contribution in [0.25, 0.3) is 0 Å². The molecule has 2 aliphatic rings. The Balaban J connectivity index is 2.01. The molecule has 26 heavy (non-hydrogen) atoms. The summed E-state index contributed by atoms with van der Waals surface area (Å²) in [5.74, 6) is -1.84. The summed E-state index contributed by atoms with van der Waals surface area (Å²) >= 11 is 0. The SMILES string of the molecule is CC1(c2ccc(C(CC3CCCC3)C(=O)O)cc2C(F)(F)F)N=NN=N1. The Morgan fingerprint density at radius 1 is 1.27 bits per heavy atom. The number of carbonyl (C=O) groups is 1. The predicted octanol–water partition coefficient (Wildman–Crippen LogP) is 5.46. The van der Waals surface area contributed by atoms with Crippen LogP contribution in [-0.2, 0) is 16.6 Å². The zero-order chi connectivity index (χ0) is 18.9. The first-order valence-corrected chi connectivity index (χ1v) is 8.49. The van der Waals surface area contributed by atoms with E-state index in [1.807, 2.05) is 0 Å². The van der Waals surface area contributed by atoms with Gasteiger partial charge in [-0.15, -0.1) is 10.2 Å². The molecule has 1 atom stereocenters. The molecule has 1 aliphatic heterocycles. The van der Waals surface area contributed by atoms with Crippen molar-refractivity contribution in [2.45, 2.75) is 56.8 Å². The first kappa shape index (κ1) is 18.5. The van der Waals surface area contributed by atoms with Crippen molar-refractivity contribution in [1.29, 1.82) is 0 Å². The number of carboxylic acids is 1. The molecule has 0 amide bonds. The maximum Gasteiger partial charge on any atom is 0.416 e. The molecule has 3 rings (SSSR count). The van der Waals surface area contributed by atoms with E-state index in [9.17, 15) is 23.1 Å². The summed E-state index contributed by atoms with van der Waals surface area (Å²) in [6.07, 6.45) is -0.392. The summed E-state index contributed by atoms with van der Waals surface area (Å²) in [6, 6.07) is 3.58. The first-order valence-electron chi connectivity index (χ1n) is 8.49. The van der Waals surface area contributed by atoms with Crippen molar-refractivity contribution < 1.29 is 23.1 Å². The van der Waals surface area contributed by atoms with Crippen molar-refractivity contribution in [2.24, 2.45) is 26.6 Å². The number of carboxylic acid groups (broad SMARTS) is 1. The van der Waals surface area contributed by atoms with E-state index in [1.165, 1.54) is 19.1 Å². The summed E-state index contributed by atoms with van der Waals surface area (Å²) in [5, 5.41) is 23.5. The predicted molar refractivity (Wildman–Crippen MR) is 85.5 cm³/mol. The van der Waals surface area contributed by atoms with E-state index in [0.717, 1.165) is 31.7 Å². The fourth-order valence-electron chi connectivity index (χ4n) is 3.73. The number of alkyl halides is 3. The second kappa shape index (κ2) is 6.77. The maximum absolute atomic E-state index is 13.6. The quantitative estimate of drug-likeness (QED) is 0.748. The van der Waals surface area contributed by atoms with Crippen molar-refractivity contribution in [3.8, 4) is 0 Å². The van der Waals surface area contributed by atoms with E-state index in [1.54, 1.807) is 0 Å². The van der Waals surface area contributed by atoms with Crippen LogP contribution < -0.4 is 0 Å². The van der Waals surface area contributed by atoms with Gasteiger partial charge in [0.25, 0.3) is 0 Å². The Morgan fingerprint density at radius 2 is 1.88 bits per heavy atom. The lowest BCUT2D eigenvalue weighted by Gasteiger charge is -2.23. The first-order chi connectivity index (χ1) is 12.2. The topological polar surface area (TPSA) is 86.7 Å². The fourth-order valence-corrected chi connectivity index (χ4v) is 3.73. The lowest BCUT2D eigenvalue weighted by atomic mass is 9.85. The van der Waals surface area contributed by atoms with Crippen LogP contribution in [0.5, 0.6) is 0 Å². The van der Waals surface area contributed by atoms with Crippen molar-refractivity contribution in [1.82, 2.24) is 0 Å². The van der Waals surface area contributed by atoms with Gasteiger partial charge in [-0.25, -0.2) is 0 Å². The third kappa shape index (κ3) is 3.61. The maximum atomic E-state index is 13.6. The number of hydrogen-bond donors (Lipinski definition) is 1. The van der Waals surface area contributed by atoms with Gasteiger partial charge >= 0.3 is 12.1 Å². The zero-order valence-electron chi connectivity index (χ0n) is 14.2. The highest BCUT2D eigenvalue weighted by Crippen LogP contribution is 2.43. The third-order valence-corrected chi connectivity index (χ3v) is 5.12. The van der Waals surface area contributed by atoms with Gasteiger partial charge in [0.2, 0.25) is 5.66 Å². The van der Waals surface area contributed by atoms with Crippen LogP contribution in [0.1, 0.15) is 61.6 Å². The van der Waals surface area contributed by atoms with Gasteiger partial charge in [-0.3, -0.25) is 4.79 Å². The Morgan fingerprint density at radius 3 is 2.42 bits per heavy atom. The van der Waals surface area contributed by atoms with Crippen molar-refractivity contribution in [3.63, 3.8) is 0 Å². The van der Waals surface area contributed by atoms with Crippen LogP contribution in [-0.4, -0.2) is 11.1 Å². The van der Waals surface area contributed by atoms with Crippen LogP contribution in [0.4, 0.5) is 13.2 Å². The molecule has 0 aromatic heterocycles. The molecule has 1 saturated carbocycles. The van der Waals surface area contributed by atoms with Crippen LogP contribution in [0.2, 0.25) is 0 Å².